The maximum Gasteiger partial charge on any atom is 0.277 e. The molecule has 0 saturated carbocycles. The van der Waals surface area contributed by atoms with Gasteiger partial charge < -0.3 is 10.5 Å². The number of amidine groups is 1. The summed E-state index contributed by atoms with van der Waals surface area (Å²) in [6.07, 6.45) is 0.396. The zero-order valence-electron chi connectivity index (χ0n) is 9.83. The molecular formula is C8H20N4O3S. The minimum absolute atomic E-state index is 0.170. The summed E-state index contributed by atoms with van der Waals surface area (Å²) in [7, 11) is -2.19. The fourth-order valence-corrected chi connectivity index (χ4v) is 2.20. The van der Waals surface area contributed by atoms with Gasteiger partial charge in [0.2, 0.25) is 0 Å². The van der Waals surface area contributed by atoms with Crippen molar-refractivity contribution in [1.29, 1.82) is 5.41 Å². The quantitative estimate of drug-likeness (QED) is 0.256. The Bertz CT molecular complexity index is 330. The maximum atomic E-state index is 11.6. The van der Waals surface area contributed by atoms with Crippen molar-refractivity contribution in [3.63, 3.8) is 0 Å². The van der Waals surface area contributed by atoms with E-state index < -0.39 is 15.7 Å². The molecule has 0 amide bonds. The van der Waals surface area contributed by atoms with Crippen LogP contribution in [0.25, 0.3) is 0 Å². The predicted octanol–water partition coefficient (Wildman–Crippen LogP) is -0.839. The molecule has 0 aliphatic carbocycles. The van der Waals surface area contributed by atoms with E-state index in [1.807, 2.05) is 0 Å². The first-order valence-electron chi connectivity index (χ1n) is 4.89. The van der Waals surface area contributed by atoms with Crippen molar-refractivity contribution in [2.75, 3.05) is 20.3 Å². The SMILES string of the molecule is CCC(C)(NS(=O)(=O)NCCOC)C(=N)N. The molecular weight excluding hydrogens is 232 g/mol. The highest BCUT2D eigenvalue weighted by Crippen LogP contribution is 2.09. The lowest BCUT2D eigenvalue weighted by Crippen LogP contribution is -2.57. The van der Waals surface area contributed by atoms with Crippen LogP contribution < -0.4 is 15.2 Å². The smallest absolute Gasteiger partial charge is 0.277 e. The molecule has 0 aromatic heterocycles. The van der Waals surface area contributed by atoms with Gasteiger partial charge in [0.25, 0.3) is 10.2 Å². The van der Waals surface area contributed by atoms with Crippen molar-refractivity contribution in [3.05, 3.63) is 0 Å². The Morgan fingerprint density at radius 2 is 2.12 bits per heavy atom. The average Bonchev–Trinajstić information content (AvgIpc) is 2.16. The molecule has 16 heavy (non-hydrogen) atoms. The Labute approximate surface area is 96.4 Å². The molecule has 0 rings (SSSR count). The molecule has 0 aliphatic rings. The van der Waals surface area contributed by atoms with Crippen molar-refractivity contribution in [2.24, 2.45) is 5.73 Å². The summed E-state index contributed by atoms with van der Waals surface area (Å²) in [4.78, 5) is 0. The van der Waals surface area contributed by atoms with E-state index in [1.54, 1.807) is 13.8 Å². The highest BCUT2D eigenvalue weighted by molar-refractivity contribution is 7.87. The second-order valence-electron chi connectivity index (χ2n) is 3.59. The highest BCUT2D eigenvalue weighted by atomic mass is 32.2. The molecule has 96 valence electrons. The van der Waals surface area contributed by atoms with Gasteiger partial charge in [0, 0.05) is 13.7 Å². The topological polar surface area (TPSA) is 117 Å². The van der Waals surface area contributed by atoms with Crippen LogP contribution in [-0.4, -0.2) is 40.1 Å². The molecule has 1 atom stereocenters. The van der Waals surface area contributed by atoms with Crippen molar-refractivity contribution in [1.82, 2.24) is 9.44 Å². The van der Waals surface area contributed by atoms with Gasteiger partial charge in [-0.3, -0.25) is 5.41 Å². The molecule has 0 bridgehead atoms. The van der Waals surface area contributed by atoms with Crippen molar-refractivity contribution < 1.29 is 13.2 Å². The Morgan fingerprint density at radius 1 is 1.56 bits per heavy atom. The minimum atomic E-state index is -3.67. The first kappa shape index (κ1) is 15.3. The largest absolute Gasteiger partial charge is 0.386 e. The summed E-state index contributed by atoms with van der Waals surface area (Å²) in [5.41, 5.74) is 4.29. The normalized spacial score (nSPS) is 15.7. The number of hydrogen-bond donors (Lipinski definition) is 4. The number of nitrogens with one attached hydrogen (secondary N) is 3. The second kappa shape index (κ2) is 6.14. The van der Waals surface area contributed by atoms with Crippen LogP contribution >= 0.6 is 0 Å². The molecule has 0 heterocycles. The number of methoxy groups -OCH3 is 1. The third-order valence-corrected chi connectivity index (χ3v) is 3.56. The summed E-state index contributed by atoms with van der Waals surface area (Å²) in [6.45, 7) is 3.76. The molecule has 0 aromatic carbocycles. The van der Waals surface area contributed by atoms with Gasteiger partial charge in [-0.25, -0.2) is 0 Å². The summed E-state index contributed by atoms with van der Waals surface area (Å²) in [6, 6.07) is 0. The first-order valence-corrected chi connectivity index (χ1v) is 6.37. The molecule has 8 heteroatoms. The summed E-state index contributed by atoms with van der Waals surface area (Å²) < 4.78 is 32.5. The van der Waals surface area contributed by atoms with Gasteiger partial charge in [-0.1, -0.05) is 6.92 Å². The van der Waals surface area contributed by atoms with Gasteiger partial charge in [-0.2, -0.15) is 17.9 Å². The fraction of sp³-hybridized carbons (Fsp3) is 0.875. The van der Waals surface area contributed by atoms with Crippen molar-refractivity contribution >= 4 is 16.0 Å². The van der Waals surface area contributed by atoms with E-state index in [2.05, 4.69) is 9.44 Å². The fourth-order valence-electron chi connectivity index (χ4n) is 0.928. The van der Waals surface area contributed by atoms with Gasteiger partial charge in [0.05, 0.1) is 12.1 Å². The zero-order chi connectivity index (χ0) is 12.8. The van der Waals surface area contributed by atoms with Gasteiger partial charge in [0.1, 0.15) is 5.84 Å². The van der Waals surface area contributed by atoms with E-state index in [9.17, 15) is 8.42 Å². The lowest BCUT2D eigenvalue weighted by atomic mass is 10.00. The van der Waals surface area contributed by atoms with E-state index in [4.69, 9.17) is 15.9 Å². The lowest BCUT2D eigenvalue weighted by Gasteiger charge is -2.27. The summed E-state index contributed by atoms with van der Waals surface area (Å²) in [5, 5.41) is 7.34. The van der Waals surface area contributed by atoms with Crippen LogP contribution in [0.4, 0.5) is 0 Å². The molecule has 0 aliphatic heterocycles. The highest BCUT2D eigenvalue weighted by Gasteiger charge is 2.30. The molecule has 0 fully saturated rings. The van der Waals surface area contributed by atoms with Crippen LogP contribution in [0.1, 0.15) is 20.3 Å². The van der Waals surface area contributed by atoms with Crippen molar-refractivity contribution in [2.45, 2.75) is 25.8 Å². The monoisotopic (exact) mass is 252 g/mol. The molecule has 7 nitrogen and oxygen atoms in total. The van der Waals surface area contributed by atoms with Crippen LogP contribution in [0, 0.1) is 5.41 Å². The number of hydrogen-bond acceptors (Lipinski definition) is 4. The number of rotatable bonds is 8. The second-order valence-corrected chi connectivity index (χ2v) is 5.09. The van der Waals surface area contributed by atoms with Gasteiger partial charge in [0.15, 0.2) is 0 Å². The van der Waals surface area contributed by atoms with Crippen LogP contribution in [0.15, 0.2) is 0 Å². The van der Waals surface area contributed by atoms with Crippen LogP contribution in [0.2, 0.25) is 0 Å². The van der Waals surface area contributed by atoms with Gasteiger partial charge in [-0.05, 0) is 13.3 Å². The number of nitrogens with two attached hydrogens (primary N) is 1. The van der Waals surface area contributed by atoms with E-state index in [0.29, 0.717) is 6.42 Å². The standard InChI is InChI=1S/C8H20N4O3S/c1-4-8(2,7(9)10)12-16(13,14)11-5-6-15-3/h11-12H,4-6H2,1-3H3,(H3,9,10). The summed E-state index contributed by atoms with van der Waals surface area (Å²) >= 11 is 0. The molecule has 0 spiro atoms. The molecule has 0 saturated heterocycles. The molecule has 0 aromatic rings. The maximum absolute atomic E-state index is 11.6. The van der Waals surface area contributed by atoms with E-state index in [0.717, 1.165) is 0 Å². The molecule has 5 N–H and O–H groups in total. The first-order chi connectivity index (χ1) is 7.27. The van der Waals surface area contributed by atoms with Crippen LogP contribution in [-0.2, 0) is 14.9 Å². The Hall–Kier alpha value is -0.700. The van der Waals surface area contributed by atoms with Crippen LogP contribution in [0.3, 0.4) is 0 Å². The zero-order valence-corrected chi connectivity index (χ0v) is 10.6. The Balaban J connectivity index is 4.50. The van der Waals surface area contributed by atoms with E-state index >= 15 is 0 Å². The minimum Gasteiger partial charge on any atom is -0.386 e. The van der Waals surface area contributed by atoms with Crippen molar-refractivity contribution in [3.8, 4) is 0 Å². The van der Waals surface area contributed by atoms with Gasteiger partial charge in [-0.15, -0.1) is 0 Å². The predicted molar refractivity (Wildman–Crippen MR) is 62.5 cm³/mol. The summed E-state index contributed by atoms with van der Waals surface area (Å²) in [5.74, 6) is -0.216. The van der Waals surface area contributed by atoms with Gasteiger partial charge >= 0.3 is 0 Å². The molecule has 1 unspecified atom stereocenters. The molecule has 0 radical (unpaired) electrons. The van der Waals surface area contributed by atoms with E-state index in [-0.39, 0.29) is 19.0 Å². The Morgan fingerprint density at radius 3 is 2.50 bits per heavy atom. The lowest BCUT2D eigenvalue weighted by molar-refractivity contribution is 0.204. The van der Waals surface area contributed by atoms with Crippen LogP contribution in [0.5, 0.6) is 0 Å². The average molecular weight is 252 g/mol. The third kappa shape index (κ3) is 4.88. The van der Waals surface area contributed by atoms with E-state index in [1.165, 1.54) is 7.11 Å². The Kier molecular flexibility index (Phi) is 5.87. The number of ether oxygens (including phenoxy) is 1. The third-order valence-electron chi connectivity index (χ3n) is 2.26.